The molecule has 2 heterocycles. The van der Waals surface area contributed by atoms with E-state index >= 15 is 0 Å². The van der Waals surface area contributed by atoms with Gasteiger partial charge in [0.15, 0.2) is 0 Å². The Bertz CT molecular complexity index is 1060. The lowest BCUT2D eigenvalue weighted by atomic mass is 10.2. The minimum Gasteiger partial charge on any atom is -0.348 e. The molecule has 132 valence electrons. The van der Waals surface area contributed by atoms with Crippen LogP contribution in [0, 0.1) is 0 Å². The van der Waals surface area contributed by atoms with Crippen molar-refractivity contribution in [2.75, 3.05) is 5.32 Å². The summed E-state index contributed by atoms with van der Waals surface area (Å²) in [5, 5.41) is 7.22. The molecule has 4 aromatic rings. The molecule has 0 saturated heterocycles. The lowest BCUT2D eigenvalue weighted by Gasteiger charge is -2.09. The van der Waals surface area contributed by atoms with Gasteiger partial charge in [-0.05, 0) is 29.8 Å². The van der Waals surface area contributed by atoms with Crippen LogP contribution < -0.4 is 10.6 Å². The lowest BCUT2D eigenvalue weighted by molar-refractivity contribution is 0.0950. The zero-order valence-corrected chi connectivity index (χ0v) is 14.6. The van der Waals surface area contributed by atoms with E-state index in [1.54, 1.807) is 24.5 Å². The summed E-state index contributed by atoms with van der Waals surface area (Å²) in [7, 11) is 0. The minimum absolute atomic E-state index is 0.148. The van der Waals surface area contributed by atoms with Gasteiger partial charge in [0.05, 0.1) is 16.8 Å². The van der Waals surface area contributed by atoms with Crippen LogP contribution in [0.5, 0.6) is 0 Å². The molecule has 27 heavy (non-hydrogen) atoms. The lowest BCUT2D eigenvalue weighted by Crippen LogP contribution is -2.22. The highest BCUT2D eigenvalue weighted by Crippen LogP contribution is 2.23. The van der Waals surface area contributed by atoms with Crippen molar-refractivity contribution in [2.24, 2.45) is 0 Å². The third kappa shape index (κ3) is 3.93. The Hall–Kier alpha value is -3.73. The molecule has 1 amide bonds. The molecule has 0 aliphatic heterocycles. The van der Waals surface area contributed by atoms with E-state index in [4.69, 9.17) is 0 Å². The van der Waals surface area contributed by atoms with Crippen molar-refractivity contribution in [1.82, 2.24) is 15.3 Å². The summed E-state index contributed by atoms with van der Waals surface area (Å²) in [5.74, 6) is 0.512. The first-order valence-corrected chi connectivity index (χ1v) is 8.68. The van der Waals surface area contributed by atoms with Crippen molar-refractivity contribution in [3.05, 3.63) is 96.3 Å². The summed E-state index contributed by atoms with van der Waals surface area (Å²) in [6.45, 7) is 0.487. The Morgan fingerprint density at radius 1 is 0.852 bits per heavy atom. The van der Waals surface area contributed by atoms with Gasteiger partial charge in [-0.3, -0.25) is 9.78 Å². The Morgan fingerprint density at radius 2 is 1.70 bits per heavy atom. The summed E-state index contributed by atoms with van der Waals surface area (Å²) < 4.78 is 0. The maximum Gasteiger partial charge on any atom is 0.253 e. The van der Waals surface area contributed by atoms with Crippen LogP contribution in [0.2, 0.25) is 0 Å². The van der Waals surface area contributed by atoms with E-state index in [0.29, 0.717) is 17.9 Å². The smallest absolute Gasteiger partial charge is 0.253 e. The van der Waals surface area contributed by atoms with Crippen molar-refractivity contribution in [3.8, 4) is 0 Å². The number of carbonyl (C=O) groups excluding carboxylic acids is 1. The number of rotatable bonds is 5. The maximum atomic E-state index is 12.3. The molecule has 0 fully saturated rings. The number of pyridine rings is 2. The summed E-state index contributed by atoms with van der Waals surface area (Å²) >= 11 is 0. The molecule has 0 bridgehead atoms. The fourth-order valence-electron chi connectivity index (χ4n) is 2.83. The van der Waals surface area contributed by atoms with Gasteiger partial charge in [-0.1, -0.05) is 48.5 Å². The normalized spacial score (nSPS) is 10.5. The van der Waals surface area contributed by atoms with Crippen LogP contribution in [0.3, 0.4) is 0 Å². The number of hydrogen-bond donors (Lipinski definition) is 2. The average molecular weight is 354 g/mol. The van der Waals surface area contributed by atoms with Crippen molar-refractivity contribution in [2.45, 2.75) is 6.54 Å². The number of nitrogens with one attached hydrogen (secondary N) is 2. The first kappa shape index (κ1) is 16.7. The SMILES string of the molecule is O=C(NCc1ccccc1)c1ccc(Nc2cccc3cccnc23)nc1. The molecular formula is C22H18N4O. The van der Waals surface area contributed by atoms with Crippen molar-refractivity contribution >= 4 is 28.3 Å². The van der Waals surface area contributed by atoms with E-state index in [1.807, 2.05) is 60.7 Å². The van der Waals surface area contributed by atoms with E-state index in [1.165, 1.54) is 0 Å². The number of fused-ring (bicyclic) bond motifs is 1. The maximum absolute atomic E-state index is 12.3. The molecule has 0 radical (unpaired) electrons. The van der Waals surface area contributed by atoms with Gasteiger partial charge in [0, 0.05) is 24.3 Å². The van der Waals surface area contributed by atoms with Crippen molar-refractivity contribution < 1.29 is 4.79 Å². The number of nitrogens with zero attached hydrogens (tertiary/aromatic N) is 2. The molecule has 2 aromatic carbocycles. The number of hydrogen-bond acceptors (Lipinski definition) is 4. The average Bonchev–Trinajstić information content (AvgIpc) is 2.74. The second-order valence-electron chi connectivity index (χ2n) is 6.11. The largest absolute Gasteiger partial charge is 0.348 e. The van der Waals surface area contributed by atoms with Crippen LogP contribution in [0.4, 0.5) is 11.5 Å². The highest BCUT2D eigenvalue weighted by molar-refractivity contribution is 5.94. The molecule has 0 aliphatic carbocycles. The van der Waals surface area contributed by atoms with Gasteiger partial charge < -0.3 is 10.6 Å². The predicted octanol–water partition coefficient (Wildman–Crippen LogP) is 4.30. The number of aromatic nitrogens is 2. The van der Waals surface area contributed by atoms with E-state index < -0.39 is 0 Å². The molecule has 0 spiro atoms. The number of benzene rings is 2. The van der Waals surface area contributed by atoms with Gasteiger partial charge in [-0.25, -0.2) is 4.98 Å². The van der Waals surface area contributed by atoms with Crippen LogP contribution in [0.15, 0.2) is 85.2 Å². The molecule has 0 unspecified atom stereocenters. The zero-order chi connectivity index (χ0) is 18.5. The quantitative estimate of drug-likeness (QED) is 0.561. The van der Waals surface area contributed by atoms with Crippen LogP contribution in [-0.4, -0.2) is 15.9 Å². The van der Waals surface area contributed by atoms with E-state index in [2.05, 4.69) is 20.6 Å². The van der Waals surface area contributed by atoms with Gasteiger partial charge >= 0.3 is 0 Å². The molecule has 0 atom stereocenters. The van der Waals surface area contributed by atoms with Crippen LogP contribution in [-0.2, 0) is 6.54 Å². The number of para-hydroxylation sites is 1. The second kappa shape index (κ2) is 7.66. The summed E-state index contributed by atoms with van der Waals surface area (Å²) in [4.78, 5) is 21.1. The number of carbonyl (C=O) groups is 1. The van der Waals surface area contributed by atoms with E-state index in [9.17, 15) is 4.79 Å². The molecule has 2 aromatic heterocycles. The summed E-state index contributed by atoms with van der Waals surface area (Å²) in [6.07, 6.45) is 3.34. The van der Waals surface area contributed by atoms with Gasteiger partial charge in [0.25, 0.3) is 5.91 Å². The third-order valence-corrected chi connectivity index (χ3v) is 4.22. The van der Waals surface area contributed by atoms with Crippen LogP contribution in [0.1, 0.15) is 15.9 Å². The molecule has 4 rings (SSSR count). The van der Waals surface area contributed by atoms with Gasteiger partial charge in [0.1, 0.15) is 5.82 Å². The van der Waals surface area contributed by atoms with Gasteiger partial charge in [-0.2, -0.15) is 0 Å². The first-order chi connectivity index (χ1) is 13.3. The Kier molecular flexibility index (Phi) is 4.74. The standard InChI is InChI=1S/C22H18N4O/c27-22(25-14-16-6-2-1-3-7-16)18-11-12-20(24-15-18)26-19-10-4-8-17-9-5-13-23-21(17)19/h1-13,15H,14H2,(H,24,26)(H,25,27). The highest BCUT2D eigenvalue weighted by atomic mass is 16.1. The monoisotopic (exact) mass is 354 g/mol. The fourth-order valence-corrected chi connectivity index (χ4v) is 2.83. The summed E-state index contributed by atoms with van der Waals surface area (Å²) in [6, 6.07) is 23.2. The van der Waals surface area contributed by atoms with Gasteiger partial charge in [0.2, 0.25) is 0 Å². The highest BCUT2D eigenvalue weighted by Gasteiger charge is 2.07. The van der Waals surface area contributed by atoms with Crippen molar-refractivity contribution in [1.29, 1.82) is 0 Å². The second-order valence-corrected chi connectivity index (χ2v) is 6.11. The van der Waals surface area contributed by atoms with E-state index in [0.717, 1.165) is 22.2 Å². The fraction of sp³-hybridized carbons (Fsp3) is 0.0455. The predicted molar refractivity (Wildman–Crippen MR) is 107 cm³/mol. The number of amides is 1. The molecule has 2 N–H and O–H groups in total. The third-order valence-electron chi connectivity index (χ3n) is 4.22. The van der Waals surface area contributed by atoms with Crippen molar-refractivity contribution in [3.63, 3.8) is 0 Å². The Balaban J connectivity index is 1.45. The Labute approximate surface area is 157 Å². The number of anilines is 2. The van der Waals surface area contributed by atoms with Gasteiger partial charge in [-0.15, -0.1) is 0 Å². The molecule has 5 nitrogen and oxygen atoms in total. The topological polar surface area (TPSA) is 66.9 Å². The Morgan fingerprint density at radius 3 is 2.52 bits per heavy atom. The summed E-state index contributed by atoms with van der Waals surface area (Å²) in [5.41, 5.74) is 3.33. The first-order valence-electron chi connectivity index (χ1n) is 8.68. The zero-order valence-electron chi connectivity index (χ0n) is 14.6. The van der Waals surface area contributed by atoms with E-state index in [-0.39, 0.29) is 5.91 Å². The van der Waals surface area contributed by atoms with Crippen LogP contribution >= 0.6 is 0 Å². The molecule has 5 heteroatoms. The minimum atomic E-state index is -0.148. The molecule has 0 saturated carbocycles. The molecule has 0 aliphatic rings. The molecular weight excluding hydrogens is 336 g/mol. The van der Waals surface area contributed by atoms with Crippen LogP contribution in [0.25, 0.3) is 10.9 Å².